The highest BCUT2D eigenvalue weighted by molar-refractivity contribution is 5.93. The van der Waals surface area contributed by atoms with Gasteiger partial charge in [-0.1, -0.05) is 44.2 Å². The topological polar surface area (TPSA) is 166 Å². The van der Waals surface area contributed by atoms with Gasteiger partial charge in [0.2, 0.25) is 17.7 Å². The van der Waals surface area contributed by atoms with Gasteiger partial charge in [0.15, 0.2) is 0 Å². The number of carbonyl (C=O) groups is 5. The minimum Gasteiger partial charge on any atom is -0.458 e. The highest BCUT2D eigenvalue weighted by atomic mass is 16.6. The van der Waals surface area contributed by atoms with Crippen LogP contribution in [0.15, 0.2) is 30.3 Å². The van der Waals surface area contributed by atoms with Crippen molar-refractivity contribution in [3.8, 4) is 0 Å². The first kappa shape index (κ1) is 34.4. The van der Waals surface area contributed by atoms with E-state index in [9.17, 15) is 24.0 Å². The molecule has 0 bridgehead atoms. The van der Waals surface area contributed by atoms with E-state index in [1.54, 1.807) is 65.8 Å². The van der Waals surface area contributed by atoms with Crippen molar-refractivity contribution >= 4 is 29.8 Å². The molecule has 0 unspecified atom stereocenters. The Balaban J connectivity index is 3.22. The maximum absolute atomic E-state index is 13.5. The number of hydrogen-bond acceptors (Lipinski definition) is 7. The number of alkyl carbamates (subject to hydrolysis) is 1. The van der Waals surface area contributed by atoms with Gasteiger partial charge in [0.25, 0.3) is 0 Å². The predicted molar refractivity (Wildman–Crippen MR) is 151 cm³/mol. The van der Waals surface area contributed by atoms with E-state index in [0.717, 1.165) is 5.56 Å². The van der Waals surface area contributed by atoms with Crippen molar-refractivity contribution in [1.82, 2.24) is 16.0 Å². The average Bonchev–Trinajstić information content (AvgIpc) is 2.78. The number of carbonyl (C=O) groups excluding carboxylic acids is 5. The van der Waals surface area contributed by atoms with Gasteiger partial charge >= 0.3 is 12.1 Å². The maximum Gasteiger partial charge on any atom is 0.408 e. The summed E-state index contributed by atoms with van der Waals surface area (Å²) in [6.07, 6.45) is -0.581. The molecular weight excluding hydrogens is 516 g/mol. The van der Waals surface area contributed by atoms with Crippen molar-refractivity contribution in [2.24, 2.45) is 11.7 Å². The molecule has 3 atom stereocenters. The molecule has 0 saturated carbocycles. The predicted octanol–water partition coefficient (Wildman–Crippen LogP) is 2.75. The van der Waals surface area contributed by atoms with E-state index in [2.05, 4.69) is 16.0 Å². The van der Waals surface area contributed by atoms with Gasteiger partial charge in [-0.25, -0.2) is 9.59 Å². The van der Waals surface area contributed by atoms with E-state index in [0.29, 0.717) is 6.42 Å². The van der Waals surface area contributed by atoms with E-state index in [4.69, 9.17) is 15.2 Å². The third-order valence-corrected chi connectivity index (χ3v) is 5.32. The fraction of sp³-hybridized carbons (Fsp3) is 0.621. The normalized spacial score (nSPS) is 13.9. The lowest BCUT2D eigenvalue weighted by Gasteiger charge is -2.28. The molecule has 11 nitrogen and oxygen atoms in total. The van der Waals surface area contributed by atoms with Gasteiger partial charge in [0.05, 0.1) is 0 Å². The maximum atomic E-state index is 13.5. The van der Waals surface area contributed by atoms with Crippen LogP contribution in [0.4, 0.5) is 4.79 Å². The van der Waals surface area contributed by atoms with Crippen molar-refractivity contribution in [2.75, 3.05) is 0 Å². The number of primary amides is 1. The number of ether oxygens (including phenoxy) is 2. The first-order chi connectivity index (χ1) is 18.4. The Morgan fingerprint density at radius 1 is 0.775 bits per heavy atom. The van der Waals surface area contributed by atoms with Gasteiger partial charge in [-0.3, -0.25) is 14.4 Å². The molecule has 5 N–H and O–H groups in total. The number of nitrogens with one attached hydrogen (secondary N) is 3. The van der Waals surface area contributed by atoms with Crippen LogP contribution in [0.3, 0.4) is 0 Å². The standard InChI is InChI=1S/C29H46N4O7/c1-18(2)16-21(33-27(38)40-29(6,7)8)24(35)32-22(17-19-12-10-9-11-13-19)25(36)31-20(14-15-23(30)34)26(37)39-28(3,4)5/h9-13,18,20-22H,14-17H2,1-8H3,(H2,30,34)(H,31,36)(H,32,35)(H,33,38)/t20-,21-,22-/m0/s1. The van der Waals surface area contributed by atoms with E-state index < -0.39 is 59.1 Å². The fourth-order valence-electron chi connectivity index (χ4n) is 3.66. The van der Waals surface area contributed by atoms with Gasteiger partial charge in [-0.05, 0) is 65.9 Å². The minimum absolute atomic E-state index is 0.0393. The second kappa shape index (κ2) is 15.2. The summed E-state index contributed by atoms with van der Waals surface area (Å²) in [5, 5.41) is 7.96. The van der Waals surface area contributed by atoms with Crippen LogP contribution in [0.1, 0.15) is 80.2 Å². The van der Waals surface area contributed by atoms with Crippen molar-refractivity contribution in [2.45, 2.75) is 110 Å². The summed E-state index contributed by atoms with van der Waals surface area (Å²) in [5.74, 6) is -2.56. The summed E-state index contributed by atoms with van der Waals surface area (Å²) in [6.45, 7) is 14.0. The van der Waals surface area contributed by atoms with Crippen LogP contribution >= 0.6 is 0 Å². The average molecular weight is 563 g/mol. The summed E-state index contributed by atoms with van der Waals surface area (Å²) >= 11 is 0. The second-order valence-corrected chi connectivity index (χ2v) is 12.2. The lowest BCUT2D eigenvalue weighted by molar-refractivity contribution is -0.159. The smallest absolute Gasteiger partial charge is 0.408 e. The third kappa shape index (κ3) is 14.5. The zero-order valence-corrected chi connectivity index (χ0v) is 25.0. The van der Waals surface area contributed by atoms with Gasteiger partial charge in [0, 0.05) is 12.8 Å². The van der Waals surface area contributed by atoms with E-state index in [-0.39, 0.29) is 25.2 Å². The van der Waals surface area contributed by atoms with Crippen LogP contribution in [0, 0.1) is 5.92 Å². The molecule has 0 heterocycles. The molecule has 11 heteroatoms. The minimum atomic E-state index is -1.17. The van der Waals surface area contributed by atoms with Gasteiger partial charge in [-0.15, -0.1) is 0 Å². The van der Waals surface area contributed by atoms with Crippen molar-refractivity contribution in [3.05, 3.63) is 35.9 Å². The number of amides is 4. The number of nitrogens with two attached hydrogens (primary N) is 1. The molecule has 0 aliphatic rings. The lowest BCUT2D eigenvalue weighted by atomic mass is 10.0. The van der Waals surface area contributed by atoms with E-state index in [1.165, 1.54) is 0 Å². The highest BCUT2D eigenvalue weighted by Gasteiger charge is 2.32. The molecule has 0 spiro atoms. The zero-order valence-electron chi connectivity index (χ0n) is 25.0. The Morgan fingerprint density at radius 2 is 1.30 bits per heavy atom. The van der Waals surface area contributed by atoms with Crippen molar-refractivity contribution in [1.29, 1.82) is 0 Å². The van der Waals surface area contributed by atoms with Crippen LogP contribution in [-0.2, 0) is 35.1 Å². The first-order valence-electron chi connectivity index (χ1n) is 13.5. The molecule has 0 radical (unpaired) electrons. The Labute approximate surface area is 237 Å². The Hall–Kier alpha value is -3.63. The van der Waals surface area contributed by atoms with Gasteiger partial charge < -0.3 is 31.2 Å². The van der Waals surface area contributed by atoms with Crippen LogP contribution < -0.4 is 21.7 Å². The van der Waals surface area contributed by atoms with E-state index in [1.807, 2.05) is 19.9 Å². The lowest BCUT2D eigenvalue weighted by Crippen LogP contribution is -2.57. The molecule has 224 valence electrons. The molecule has 1 rings (SSSR count). The van der Waals surface area contributed by atoms with Crippen LogP contribution in [0.5, 0.6) is 0 Å². The summed E-state index contributed by atoms with van der Waals surface area (Å²) in [4.78, 5) is 63.6. The molecule has 40 heavy (non-hydrogen) atoms. The summed E-state index contributed by atoms with van der Waals surface area (Å²) in [7, 11) is 0. The molecule has 0 fully saturated rings. The SMILES string of the molecule is CC(C)C[C@H](NC(=O)OC(C)(C)C)C(=O)N[C@@H](Cc1ccccc1)C(=O)N[C@@H](CCC(N)=O)C(=O)OC(C)(C)C. The van der Waals surface area contributed by atoms with E-state index >= 15 is 0 Å². The van der Waals surface area contributed by atoms with Crippen molar-refractivity contribution < 1.29 is 33.4 Å². The monoisotopic (exact) mass is 562 g/mol. The highest BCUT2D eigenvalue weighted by Crippen LogP contribution is 2.13. The second-order valence-electron chi connectivity index (χ2n) is 12.2. The molecule has 1 aromatic rings. The van der Waals surface area contributed by atoms with Crippen LogP contribution in [-0.4, -0.2) is 59.1 Å². The van der Waals surface area contributed by atoms with Gasteiger partial charge in [-0.2, -0.15) is 0 Å². The quantitative estimate of drug-likeness (QED) is 0.268. The summed E-state index contributed by atoms with van der Waals surface area (Å²) < 4.78 is 10.7. The number of benzene rings is 1. The summed E-state index contributed by atoms with van der Waals surface area (Å²) in [6, 6.07) is 5.78. The number of esters is 1. The molecule has 1 aromatic carbocycles. The Bertz CT molecular complexity index is 1010. The molecule has 0 aliphatic carbocycles. The molecule has 0 aliphatic heterocycles. The number of rotatable bonds is 13. The number of hydrogen-bond donors (Lipinski definition) is 4. The largest absolute Gasteiger partial charge is 0.458 e. The van der Waals surface area contributed by atoms with Crippen LogP contribution in [0.2, 0.25) is 0 Å². The molecule has 0 saturated heterocycles. The van der Waals surface area contributed by atoms with Crippen LogP contribution in [0.25, 0.3) is 0 Å². The Morgan fingerprint density at radius 3 is 1.80 bits per heavy atom. The van der Waals surface area contributed by atoms with Crippen molar-refractivity contribution in [3.63, 3.8) is 0 Å². The molecule has 0 aromatic heterocycles. The molecule has 4 amide bonds. The Kier molecular flexibility index (Phi) is 13.1. The fourth-order valence-corrected chi connectivity index (χ4v) is 3.66. The molecular formula is C29H46N4O7. The first-order valence-corrected chi connectivity index (χ1v) is 13.5. The third-order valence-electron chi connectivity index (χ3n) is 5.32. The summed E-state index contributed by atoms with van der Waals surface area (Å²) in [5.41, 5.74) is 4.44. The van der Waals surface area contributed by atoms with Gasteiger partial charge in [0.1, 0.15) is 29.3 Å². The zero-order chi connectivity index (χ0) is 30.7.